The van der Waals surface area contributed by atoms with E-state index in [2.05, 4.69) is 10.0 Å². The molecule has 0 aliphatic rings. The highest BCUT2D eigenvalue weighted by Gasteiger charge is 2.24. The van der Waals surface area contributed by atoms with Gasteiger partial charge in [-0.2, -0.15) is 0 Å². The monoisotopic (exact) mass is 406 g/mol. The summed E-state index contributed by atoms with van der Waals surface area (Å²) in [4.78, 5) is 12.3. The molecule has 2 N–H and O–H groups in total. The second-order valence-electron chi connectivity index (χ2n) is 6.18. The molecule has 0 saturated carbocycles. The smallest absolute Gasteiger partial charge is 0.241 e. The van der Waals surface area contributed by atoms with Gasteiger partial charge in [0.25, 0.3) is 0 Å². The molecule has 1 unspecified atom stereocenters. The lowest BCUT2D eigenvalue weighted by molar-refractivity contribution is -0.121. The summed E-state index contributed by atoms with van der Waals surface area (Å²) in [6.45, 7) is 2.49. The predicted molar refractivity (Wildman–Crippen MR) is 107 cm³/mol. The van der Waals surface area contributed by atoms with Gasteiger partial charge in [-0.15, -0.1) is 0 Å². The predicted octanol–water partition coefficient (Wildman–Crippen LogP) is 2.64. The van der Waals surface area contributed by atoms with Crippen molar-refractivity contribution >= 4 is 15.9 Å². The number of hydrogen-bond donors (Lipinski definition) is 2. The zero-order valence-electron chi connectivity index (χ0n) is 16.3. The van der Waals surface area contributed by atoms with E-state index < -0.39 is 16.1 Å². The molecule has 0 bridgehead atoms. The van der Waals surface area contributed by atoms with Gasteiger partial charge in [-0.3, -0.25) is 4.79 Å². The highest BCUT2D eigenvalue weighted by atomic mass is 32.2. The fourth-order valence-electron chi connectivity index (χ4n) is 2.60. The average molecular weight is 407 g/mol. The molecular formula is C20H26N2O5S. The van der Waals surface area contributed by atoms with Crippen LogP contribution in [0, 0.1) is 0 Å². The maximum Gasteiger partial charge on any atom is 0.241 e. The summed E-state index contributed by atoms with van der Waals surface area (Å²) in [5.74, 6) is 0.987. The summed E-state index contributed by atoms with van der Waals surface area (Å²) in [6, 6.07) is 12.3. The van der Waals surface area contributed by atoms with E-state index in [1.165, 1.54) is 19.2 Å². The van der Waals surface area contributed by atoms with Crippen molar-refractivity contribution < 1.29 is 22.7 Å². The van der Waals surface area contributed by atoms with E-state index in [-0.39, 0.29) is 17.2 Å². The van der Waals surface area contributed by atoms with Gasteiger partial charge in [0.15, 0.2) is 0 Å². The molecule has 2 aromatic rings. The fraction of sp³-hybridized carbons (Fsp3) is 0.350. The summed E-state index contributed by atoms with van der Waals surface area (Å²) in [5.41, 5.74) is 0.671. The van der Waals surface area contributed by atoms with E-state index in [0.29, 0.717) is 23.6 Å². The molecular weight excluding hydrogens is 380 g/mol. The van der Waals surface area contributed by atoms with Gasteiger partial charge in [-0.1, -0.05) is 19.1 Å². The third kappa shape index (κ3) is 5.97. The van der Waals surface area contributed by atoms with E-state index in [9.17, 15) is 13.2 Å². The van der Waals surface area contributed by atoms with Crippen molar-refractivity contribution in [1.29, 1.82) is 0 Å². The normalized spacial score (nSPS) is 12.2. The lowest BCUT2D eigenvalue weighted by atomic mass is 10.0. The van der Waals surface area contributed by atoms with E-state index in [1.54, 1.807) is 43.5 Å². The number of carbonyl (C=O) groups excluding carboxylic acids is 1. The van der Waals surface area contributed by atoms with Crippen LogP contribution in [-0.2, 0) is 14.8 Å². The van der Waals surface area contributed by atoms with E-state index in [4.69, 9.17) is 9.47 Å². The first kappa shape index (κ1) is 21.7. The van der Waals surface area contributed by atoms with Crippen LogP contribution in [0.25, 0.3) is 0 Å². The minimum Gasteiger partial charge on any atom is -0.497 e. The largest absolute Gasteiger partial charge is 0.497 e. The molecule has 0 radical (unpaired) electrons. The number of hydrogen-bond acceptors (Lipinski definition) is 5. The van der Waals surface area contributed by atoms with Crippen LogP contribution in [0.1, 0.15) is 31.4 Å². The zero-order valence-corrected chi connectivity index (χ0v) is 17.1. The first-order valence-electron chi connectivity index (χ1n) is 8.96. The Morgan fingerprint density at radius 1 is 0.964 bits per heavy atom. The molecule has 1 atom stereocenters. The Balaban J connectivity index is 2.26. The topological polar surface area (TPSA) is 93.7 Å². The SMILES string of the molecule is CCCNC(=O)CC(NS(=O)(=O)c1ccc(OC)cc1)c1ccc(OC)cc1. The van der Waals surface area contributed by atoms with Crippen molar-refractivity contribution in [2.45, 2.75) is 30.7 Å². The number of rotatable bonds is 10. The molecule has 0 aromatic heterocycles. The quantitative estimate of drug-likeness (QED) is 0.633. The minimum absolute atomic E-state index is 0.0122. The fourth-order valence-corrected chi connectivity index (χ4v) is 3.82. The summed E-state index contributed by atoms with van der Waals surface area (Å²) >= 11 is 0. The molecule has 8 heteroatoms. The Bertz CT molecular complexity index is 864. The number of nitrogens with one attached hydrogen (secondary N) is 2. The maximum atomic E-state index is 12.8. The van der Waals surface area contributed by atoms with Crippen molar-refractivity contribution in [2.75, 3.05) is 20.8 Å². The lowest BCUT2D eigenvalue weighted by Gasteiger charge is -2.19. The van der Waals surface area contributed by atoms with Gasteiger partial charge in [-0.05, 0) is 48.4 Å². The third-order valence-electron chi connectivity index (χ3n) is 4.15. The number of carbonyl (C=O) groups is 1. The summed E-state index contributed by atoms with van der Waals surface area (Å²) < 4.78 is 38.5. The van der Waals surface area contributed by atoms with Gasteiger partial charge in [0.2, 0.25) is 15.9 Å². The van der Waals surface area contributed by atoms with Gasteiger partial charge < -0.3 is 14.8 Å². The van der Waals surface area contributed by atoms with Crippen molar-refractivity contribution in [3.05, 3.63) is 54.1 Å². The highest BCUT2D eigenvalue weighted by Crippen LogP contribution is 2.24. The maximum absolute atomic E-state index is 12.8. The van der Waals surface area contributed by atoms with E-state index in [1.807, 2.05) is 6.92 Å². The number of ether oxygens (including phenoxy) is 2. The van der Waals surface area contributed by atoms with Crippen LogP contribution in [0.5, 0.6) is 11.5 Å². The van der Waals surface area contributed by atoms with Crippen LogP contribution in [0.2, 0.25) is 0 Å². The van der Waals surface area contributed by atoms with E-state index in [0.717, 1.165) is 6.42 Å². The van der Waals surface area contributed by atoms with Crippen LogP contribution >= 0.6 is 0 Å². The molecule has 28 heavy (non-hydrogen) atoms. The molecule has 0 aliphatic heterocycles. The van der Waals surface area contributed by atoms with Crippen molar-refractivity contribution in [3.8, 4) is 11.5 Å². The standard InChI is InChI=1S/C20H26N2O5S/c1-4-13-21-20(23)14-19(15-5-7-16(26-2)8-6-15)22-28(24,25)18-11-9-17(27-3)10-12-18/h5-12,19,22H,4,13-14H2,1-3H3,(H,21,23). The molecule has 0 fully saturated rings. The lowest BCUT2D eigenvalue weighted by Crippen LogP contribution is -2.34. The number of methoxy groups -OCH3 is 2. The first-order valence-corrected chi connectivity index (χ1v) is 10.4. The van der Waals surface area contributed by atoms with Gasteiger partial charge in [0.05, 0.1) is 25.2 Å². The van der Waals surface area contributed by atoms with E-state index >= 15 is 0 Å². The highest BCUT2D eigenvalue weighted by molar-refractivity contribution is 7.89. The first-order chi connectivity index (χ1) is 13.4. The van der Waals surface area contributed by atoms with Crippen LogP contribution in [0.4, 0.5) is 0 Å². The molecule has 0 heterocycles. The Morgan fingerprint density at radius 3 is 2.00 bits per heavy atom. The zero-order chi connectivity index (χ0) is 20.6. The van der Waals surface area contributed by atoms with Crippen LogP contribution in [-0.4, -0.2) is 35.1 Å². The summed E-state index contributed by atoms with van der Waals surface area (Å²) in [6.07, 6.45) is 0.790. The molecule has 0 spiro atoms. The Kier molecular flexibility index (Phi) is 7.83. The third-order valence-corrected chi connectivity index (χ3v) is 5.63. The van der Waals surface area contributed by atoms with Crippen molar-refractivity contribution in [1.82, 2.24) is 10.0 Å². The molecule has 2 rings (SSSR count). The molecule has 152 valence electrons. The van der Waals surface area contributed by atoms with Crippen molar-refractivity contribution in [2.24, 2.45) is 0 Å². The van der Waals surface area contributed by atoms with Crippen LogP contribution in [0.15, 0.2) is 53.4 Å². The second kappa shape index (κ2) is 10.1. The Hall–Kier alpha value is -2.58. The Labute approximate surface area is 166 Å². The molecule has 0 saturated heterocycles. The van der Waals surface area contributed by atoms with Crippen LogP contribution in [0.3, 0.4) is 0 Å². The summed E-state index contributed by atoms with van der Waals surface area (Å²) in [7, 11) is -0.768. The van der Waals surface area contributed by atoms with Crippen LogP contribution < -0.4 is 19.5 Å². The summed E-state index contributed by atoms with van der Waals surface area (Å²) in [5, 5.41) is 2.78. The average Bonchev–Trinajstić information content (AvgIpc) is 2.71. The second-order valence-corrected chi connectivity index (χ2v) is 7.89. The van der Waals surface area contributed by atoms with Crippen molar-refractivity contribution in [3.63, 3.8) is 0 Å². The van der Waals surface area contributed by atoms with Gasteiger partial charge in [0.1, 0.15) is 11.5 Å². The van der Waals surface area contributed by atoms with Gasteiger partial charge >= 0.3 is 0 Å². The molecule has 0 aliphatic carbocycles. The molecule has 2 aromatic carbocycles. The Morgan fingerprint density at radius 2 is 1.50 bits per heavy atom. The number of benzene rings is 2. The molecule has 7 nitrogen and oxygen atoms in total. The number of amides is 1. The van der Waals surface area contributed by atoms with Gasteiger partial charge in [-0.25, -0.2) is 13.1 Å². The molecule has 1 amide bonds. The number of sulfonamides is 1. The minimum atomic E-state index is -3.83. The van der Waals surface area contributed by atoms with Gasteiger partial charge in [0, 0.05) is 13.0 Å².